The van der Waals surface area contributed by atoms with E-state index < -0.39 is 23.7 Å². The summed E-state index contributed by atoms with van der Waals surface area (Å²) in [6.07, 6.45) is -1.35. The lowest BCUT2D eigenvalue weighted by Crippen LogP contribution is -2.00. The van der Waals surface area contributed by atoms with Crippen LogP contribution in [-0.2, 0) is 0 Å². The van der Waals surface area contributed by atoms with Gasteiger partial charge >= 0.3 is 5.97 Å². The summed E-state index contributed by atoms with van der Waals surface area (Å²) in [5.74, 6) is -3.81. The number of aliphatic hydroxyl groups excluding tert-OH is 1. The van der Waals surface area contributed by atoms with Crippen LogP contribution in [0.1, 0.15) is 28.0 Å². The summed E-state index contributed by atoms with van der Waals surface area (Å²) in [6.45, 7) is 0. The number of aliphatic hydroxyl groups is 1. The van der Waals surface area contributed by atoms with Gasteiger partial charge in [-0.05, 0) is 29.8 Å². The van der Waals surface area contributed by atoms with Gasteiger partial charge in [0.2, 0.25) is 5.76 Å². The zero-order chi connectivity index (χ0) is 13.3. The highest BCUT2D eigenvalue weighted by atomic mass is 19.2. The van der Waals surface area contributed by atoms with E-state index in [1.54, 1.807) is 0 Å². The number of benzene rings is 1. The van der Waals surface area contributed by atoms with Gasteiger partial charge in [0, 0.05) is 0 Å². The fraction of sp³-hybridized carbons (Fsp3) is 0.0833. The second kappa shape index (κ2) is 4.58. The predicted octanol–water partition coefficient (Wildman–Crippen LogP) is 2.34. The first-order valence-corrected chi connectivity index (χ1v) is 4.95. The van der Waals surface area contributed by atoms with Crippen LogP contribution in [-0.4, -0.2) is 16.2 Å². The molecule has 1 unspecified atom stereocenters. The highest BCUT2D eigenvalue weighted by molar-refractivity contribution is 5.84. The minimum absolute atomic E-state index is 0.0570. The van der Waals surface area contributed by atoms with Crippen LogP contribution < -0.4 is 0 Å². The van der Waals surface area contributed by atoms with Gasteiger partial charge < -0.3 is 14.6 Å². The molecule has 18 heavy (non-hydrogen) atoms. The standard InChI is InChI=1S/C12H8F2O4/c13-7-2-1-6(5-8(7)14)11(15)9-3-4-10(18-9)12(16)17/h1-5,11,15H,(H,16,17). The molecule has 0 saturated carbocycles. The van der Waals surface area contributed by atoms with Crippen molar-refractivity contribution < 1.29 is 28.2 Å². The molecule has 94 valence electrons. The third-order valence-corrected chi connectivity index (χ3v) is 2.37. The molecule has 0 aliphatic rings. The molecule has 0 amide bonds. The molecule has 0 spiro atoms. The molecule has 0 aliphatic heterocycles. The van der Waals surface area contributed by atoms with E-state index >= 15 is 0 Å². The number of furan rings is 1. The Bertz CT molecular complexity index is 592. The fourth-order valence-corrected chi connectivity index (χ4v) is 1.46. The molecule has 6 heteroatoms. The largest absolute Gasteiger partial charge is 0.475 e. The molecule has 0 radical (unpaired) electrons. The van der Waals surface area contributed by atoms with E-state index in [9.17, 15) is 18.7 Å². The number of carboxylic acid groups (broad SMARTS) is 1. The Balaban J connectivity index is 2.31. The Hall–Kier alpha value is -2.21. The zero-order valence-corrected chi connectivity index (χ0v) is 8.93. The Labute approximate surface area is 100 Å². The van der Waals surface area contributed by atoms with Gasteiger partial charge in [-0.2, -0.15) is 0 Å². The van der Waals surface area contributed by atoms with Gasteiger partial charge in [0.15, 0.2) is 11.6 Å². The van der Waals surface area contributed by atoms with Crippen LogP contribution in [0, 0.1) is 11.6 Å². The second-order valence-electron chi connectivity index (χ2n) is 3.58. The summed E-state index contributed by atoms with van der Waals surface area (Å²) in [6, 6.07) is 5.31. The van der Waals surface area contributed by atoms with E-state index in [1.807, 2.05) is 0 Å². The Morgan fingerprint density at radius 1 is 1.17 bits per heavy atom. The lowest BCUT2D eigenvalue weighted by molar-refractivity contribution is 0.0655. The number of halogens is 2. The minimum Gasteiger partial charge on any atom is -0.475 e. The van der Waals surface area contributed by atoms with Crippen molar-refractivity contribution in [3.8, 4) is 0 Å². The van der Waals surface area contributed by atoms with Crippen LogP contribution in [0.2, 0.25) is 0 Å². The van der Waals surface area contributed by atoms with Crippen molar-refractivity contribution in [1.29, 1.82) is 0 Å². The second-order valence-corrected chi connectivity index (χ2v) is 3.58. The first-order chi connectivity index (χ1) is 8.49. The van der Waals surface area contributed by atoms with E-state index in [2.05, 4.69) is 0 Å². The van der Waals surface area contributed by atoms with Crippen LogP contribution in [0.25, 0.3) is 0 Å². The minimum atomic E-state index is -1.35. The number of carboxylic acids is 1. The lowest BCUT2D eigenvalue weighted by Gasteiger charge is -2.08. The first kappa shape index (κ1) is 12.3. The Morgan fingerprint density at radius 3 is 2.44 bits per heavy atom. The Morgan fingerprint density at radius 2 is 1.89 bits per heavy atom. The molecule has 0 bridgehead atoms. The number of aromatic carboxylic acids is 1. The van der Waals surface area contributed by atoms with Crippen molar-refractivity contribution in [1.82, 2.24) is 0 Å². The van der Waals surface area contributed by atoms with E-state index in [1.165, 1.54) is 18.2 Å². The van der Waals surface area contributed by atoms with Crippen molar-refractivity contribution in [2.45, 2.75) is 6.10 Å². The van der Waals surface area contributed by atoms with Gasteiger partial charge in [0.05, 0.1) is 0 Å². The van der Waals surface area contributed by atoms with Crippen LogP contribution in [0.15, 0.2) is 34.7 Å². The molecule has 2 rings (SSSR count). The van der Waals surface area contributed by atoms with Crippen molar-refractivity contribution in [3.05, 3.63) is 59.1 Å². The smallest absolute Gasteiger partial charge is 0.371 e. The summed E-state index contributed by atoms with van der Waals surface area (Å²) < 4.78 is 30.6. The average molecular weight is 254 g/mol. The quantitative estimate of drug-likeness (QED) is 0.881. The molecule has 4 nitrogen and oxygen atoms in total. The van der Waals surface area contributed by atoms with Crippen molar-refractivity contribution >= 4 is 5.97 Å². The van der Waals surface area contributed by atoms with E-state index in [0.717, 1.165) is 12.1 Å². The zero-order valence-electron chi connectivity index (χ0n) is 8.93. The molecule has 0 saturated heterocycles. The maximum Gasteiger partial charge on any atom is 0.371 e. The monoisotopic (exact) mass is 254 g/mol. The summed E-state index contributed by atoms with van der Waals surface area (Å²) in [7, 11) is 0. The third-order valence-electron chi connectivity index (χ3n) is 2.37. The average Bonchev–Trinajstić information content (AvgIpc) is 2.81. The van der Waals surface area contributed by atoms with Gasteiger partial charge in [-0.15, -0.1) is 0 Å². The molecular weight excluding hydrogens is 246 g/mol. The predicted molar refractivity (Wildman–Crippen MR) is 56.1 cm³/mol. The number of carbonyl (C=O) groups is 1. The molecular formula is C12H8F2O4. The van der Waals surface area contributed by atoms with Gasteiger partial charge in [-0.25, -0.2) is 13.6 Å². The molecule has 2 N–H and O–H groups in total. The van der Waals surface area contributed by atoms with E-state index in [-0.39, 0.29) is 17.1 Å². The molecule has 1 aromatic carbocycles. The van der Waals surface area contributed by atoms with Crippen molar-refractivity contribution in [2.24, 2.45) is 0 Å². The topological polar surface area (TPSA) is 70.7 Å². The maximum absolute atomic E-state index is 13.0. The van der Waals surface area contributed by atoms with Crippen LogP contribution >= 0.6 is 0 Å². The summed E-state index contributed by atoms with van der Waals surface area (Å²) in [4.78, 5) is 10.6. The Kier molecular flexibility index (Phi) is 3.12. The van der Waals surface area contributed by atoms with Crippen LogP contribution in [0.3, 0.4) is 0 Å². The number of hydrogen-bond donors (Lipinski definition) is 2. The molecule has 1 atom stereocenters. The van der Waals surface area contributed by atoms with E-state index in [4.69, 9.17) is 9.52 Å². The summed E-state index contributed by atoms with van der Waals surface area (Å²) in [5.41, 5.74) is 0.0696. The van der Waals surface area contributed by atoms with Gasteiger partial charge in [-0.1, -0.05) is 6.07 Å². The SMILES string of the molecule is O=C(O)c1ccc(C(O)c2ccc(F)c(F)c2)o1. The molecule has 0 aliphatic carbocycles. The summed E-state index contributed by atoms with van der Waals surface area (Å²) >= 11 is 0. The number of hydrogen-bond acceptors (Lipinski definition) is 3. The van der Waals surface area contributed by atoms with Gasteiger partial charge in [-0.3, -0.25) is 0 Å². The summed E-state index contributed by atoms with van der Waals surface area (Å²) in [5, 5.41) is 18.5. The lowest BCUT2D eigenvalue weighted by atomic mass is 10.1. The van der Waals surface area contributed by atoms with Gasteiger partial charge in [0.1, 0.15) is 11.9 Å². The van der Waals surface area contributed by atoms with Crippen molar-refractivity contribution in [3.63, 3.8) is 0 Å². The highest BCUT2D eigenvalue weighted by Gasteiger charge is 2.18. The van der Waals surface area contributed by atoms with Crippen molar-refractivity contribution in [2.75, 3.05) is 0 Å². The maximum atomic E-state index is 13.0. The fourth-order valence-electron chi connectivity index (χ4n) is 1.46. The molecule has 2 aromatic rings. The van der Waals surface area contributed by atoms with Gasteiger partial charge in [0.25, 0.3) is 0 Å². The first-order valence-electron chi connectivity index (χ1n) is 4.95. The highest BCUT2D eigenvalue weighted by Crippen LogP contribution is 2.25. The van der Waals surface area contributed by atoms with Crippen LogP contribution in [0.5, 0.6) is 0 Å². The third kappa shape index (κ3) is 2.23. The normalized spacial score (nSPS) is 12.4. The number of rotatable bonds is 3. The molecule has 0 fully saturated rings. The van der Waals surface area contributed by atoms with Crippen LogP contribution in [0.4, 0.5) is 8.78 Å². The molecule has 1 aromatic heterocycles. The molecule has 1 heterocycles. The van der Waals surface area contributed by atoms with E-state index in [0.29, 0.717) is 0 Å².